The molecule has 1 fully saturated rings. The highest BCUT2D eigenvalue weighted by Crippen LogP contribution is 2.31. The van der Waals surface area contributed by atoms with Gasteiger partial charge in [-0.05, 0) is 30.2 Å². The molecule has 2 atom stereocenters. The first-order chi connectivity index (χ1) is 14.3. The van der Waals surface area contributed by atoms with Crippen LogP contribution in [0.2, 0.25) is 0 Å². The van der Waals surface area contributed by atoms with Crippen molar-refractivity contribution in [2.45, 2.75) is 38.3 Å². The van der Waals surface area contributed by atoms with Crippen molar-refractivity contribution in [3.05, 3.63) is 70.3 Å². The van der Waals surface area contributed by atoms with Crippen molar-refractivity contribution in [2.75, 3.05) is 0 Å². The quantitative estimate of drug-likeness (QED) is 0.727. The van der Waals surface area contributed by atoms with Gasteiger partial charge in [-0.3, -0.25) is 0 Å². The molecule has 1 saturated heterocycles. The number of carbonyl (C=O) groups is 2. The highest BCUT2D eigenvalue weighted by Gasteiger charge is 2.46. The Labute approximate surface area is 171 Å². The molecule has 0 spiro atoms. The number of carboxylic acids is 2. The maximum absolute atomic E-state index is 14.2. The summed E-state index contributed by atoms with van der Waals surface area (Å²) in [5, 5.41) is 18.1. The van der Waals surface area contributed by atoms with Gasteiger partial charge in [-0.25, -0.2) is 18.4 Å². The third-order valence-corrected chi connectivity index (χ3v) is 4.51. The molecule has 0 saturated carbocycles. The van der Waals surface area contributed by atoms with Gasteiger partial charge in [0.05, 0.1) is 5.56 Å². The van der Waals surface area contributed by atoms with Crippen LogP contribution in [0.5, 0.6) is 0 Å². The molecule has 8 heteroatoms. The Morgan fingerprint density at radius 2 is 1.53 bits per heavy atom. The molecule has 0 amide bonds. The van der Waals surface area contributed by atoms with Crippen LogP contribution in [0.3, 0.4) is 0 Å². The number of carboxylic acid groups (broad SMARTS) is 2. The molecule has 0 aliphatic carbocycles. The Kier molecular flexibility index (Phi) is 6.45. The second-order valence-electron chi connectivity index (χ2n) is 6.64. The van der Waals surface area contributed by atoms with Gasteiger partial charge in [0.15, 0.2) is 30.1 Å². The number of aryl methyl sites for hydroxylation is 1. The monoisotopic (exact) mass is 416 g/mol. The summed E-state index contributed by atoms with van der Waals surface area (Å²) in [5.41, 5.74) is 1.13. The first-order valence-electron chi connectivity index (χ1n) is 9.17. The van der Waals surface area contributed by atoms with Crippen LogP contribution in [0.4, 0.5) is 8.78 Å². The lowest BCUT2D eigenvalue weighted by molar-refractivity contribution is -0.156. The average Bonchev–Trinajstić information content (AvgIpc) is 3.18. The van der Waals surface area contributed by atoms with Crippen LogP contribution in [0.1, 0.15) is 41.9 Å². The van der Waals surface area contributed by atoms with Crippen molar-refractivity contribution >= 4 is 11.9 Å². The fourth-order valence-electron chi connectivity index (χ4n) is 2.99. The van der Waals surface area contributed by atoms with E-state index in [2.05, 4.69) is 11.8 Å². The zero-order chi connectivity index (χ0) is 21.8. The molecule has 1 heterocycles. The minimum Gasteiger partial charge on any atom is -0.479 e. The summed E-state index contributed by atoms with van der Waals surface area (Å²) < 4.78 is 38.5. The van der Waals surface area contributed by atoms with E-state index in [9.17, 15) is 18.4 Å². The van der Waals surface area contributed by atoms with Crippen LogP contribution >= 0.6 is 0 Å². The van der Waals surface area contributed by atoms with Crippen molar-refractivity contribution in [3.63, 3.8) is 0 Å². The summed E-state index contributed by atoms with van der Waals surface area (Å²) in [6, 6.07) is 9.11. The first-order valence-corrected chi connectivity index (χ1v) is 9.17. The zero-order valence-corrected chi connectivity index (χ0v) is 15.9. The Hall–Kier alpha value is -3.28. The molecular formula is C22H18F2O6. The maximum Gasteiger partial charge on any atom is 0.336 e. The van der Waals surface area contributed by atoms with Crippen LogP contribution < -0.4 is 0 Å². The van der Waals surface area contributed by atoms with E-state index in [1.165, 1.54) is 24.3 Å². The van der Waals surface area contributed by atoms with E-state index in [4.69, 9.17) is 19.7 Å². The summed E-state index contributed by atoms with van der Waals surface area (Å²) in [6.45, 7) is 1.88. The number of ether oxygens (including phenoxy) is 2. The maximum atomic E-state index is 14.2. The third-order valence-electron chi connectivity index (χ3n) is 4.51. The van der Waals surface area contributed by atoms with Crippen LogP contribution in [0.15, 0.2) is 36.4 Å². The highest BCUT2D eigenvalue weighted by atomic mass is 19.2. The predicted molar refractivity (Wildman–Crippen MR) is 101 cm³/mol. The van der Waals surface area contributed by atoms with Gasteiger partial charge in [0.25, 0.3) is 0 Å². The smallest absolute Gasteiger partial charge is 0.336 e. The van der Waals surface area contributed by atoms with E-state index < -0.39 is 42.1 Å². The van der Waals surface area contributed by atoms with E-state index in [1.54, 1.807) is 12.1 Å². The molecule has 2 aromatic rings. The van der Waals surface area contributed by atoms with Gasteiger partial charge < -0.3 is 19.7 Å². The van der Waals surface area contributed by atoms with Crippen molar-refractivity contribution in [1.29, 1.82) is 0 Å². The zero-order valence-electron chi connectivity index (χ0n) is 15.9. The van der Waals surface area contributed by atoms with E-state index in [1.807, 2.05) is 6.92 Å². The van der Waals surface area contributed by atoms with Gasteiger partial charge in [0, 0.05) is 11.1 Å². The number of hydrogen-bond acceptors (Lipinski definition) is 4. The number of rotatable bonds is 5. The highest BCUT2D eigenvalue weighted by molar-refractivity contribution is 5.84. The Morgan fingerprint density at radius 3 is 2.07 bits per heavy atom. The first kappa shape index (κ1) is 21.4. The largest absolute Gasteiger partial charge is 0.479 e. The van der Waals surface area contributed by atoms with Gasteiger partial charge >= 0.3 is 11.9 Å². The predicted octanol–water partition coefficient (Wildman–Crippen LogP) is 3.27. The Balaban J connectivity index is 1.76. The van der Waals surface area contributed by atoms with E-state index in [0.29, 0.717) is 29.5 Å². The molecular weight excluding hydrogens is 398 g/mol. The lowest BCUT2D eigenvalue weighted by Crippen LogP contribution is -2.36. The van der Waals surface area contributed by atoms with Gasteiger partial charge in [0.2, 0.25) is 0 Å². The van der Waals surface area contributed by atoms with Crippen molar-refractivity contribution in [2.24, 2.45) is 0 Å². The van der Waals surface area contributed by atoms with E-state index >= 15 is 0 Å². The molecule has 3 rings (SSSR count). The average molecular weight is 416 g/mol. The number of benzene rings is 2. The molecule has 2 aromatic carbocycles. The Morgan fingerprint density at radius 1 is 0.933 bits per heavy atom. The summed E-state index contributed by atoms with van der Waals surface area (Å²) in [4.78, 5) is 22.3. The molecule has 1 aliphatic heterocycles. The normalized spacial score (nSPS) is 18.6. The molecule has 0 unspecified atom stereocenters. The van der Waals surface area contributed by atoms with Gasteiger partial charge in [-0.1, -0.05) is 43.4 Å². The second kappa shape index (κ2) is 9.03. The fourth-order valence-corrected chi connectivity index (χ4v) is 2.99. The van der Waals surface area contributed by atoms with E-state index in [0.717, 1.165) is 0 Å². The molecule has 0 bridgehead atoms. The topological polar surface area (TPSA) is 93.1 Å². The van der Waals surface area contributed by atoms with Crippen molar-refractivity contribution < 1.29 is 38.1 Å². The molecule has 30 heavy (non-hydrogen) atoms. The van der Waals surface area contributed by atoms with Crippen LogP contribution in [-0.2, 0) is 25.5 Å². The van der Waals surface area contributed by atoms with Gasteiger partial charge in [0.1, 0.15) is 0 Å². The number of aliphatic carboxylic acids is 2. The van der Waals surface area contributed by atoms with Crippen LogP contribution in [0.25, 0.3) is 0 Å². The summed E-state index contributed by atoms with van der Waals surface area (Å²) in [5.74, 6) is 0.557. The van der Waals surface area contributed by atoms with Crippen LogP contribution in [-0.4, -0.2) is 34.4 Å². The fraction of sp³-hybridized carbons (Fsp3) is 0.273. The lowest BCUT2D eigenvalue weighted by Gasteiger charge is -2.09. The van der Waals surface area contributed by atoms with Gasteiger partial charge in [-0.2, -0.15) is 0 Å². The number of halogens is 2. The third kappa shape index (κ3) is 4.48. The lowest BCUT2D eigenvalue weighted by atomic mass is 10.1. The molecule has 6 nitrogen and oxygen atoms in total. The van der Waals surface area contributed by atoms with E-state index in [-0.39, 0.29) is 5.56 Å². The van der Waals surface area contributed by atoms with Crippen LogP contribution in [0, 0.1) is 23.5 Å². The summed E-state index contributed by atoms with van der Waals surface area (Å²) >= 11 is 0. The summed E-state index contributed by atoms with van der Waals surface area (Å²) in [7, 11) is 0. The van der Waals surface area contributed by atoms with Gasteiger partial charge in [-0.15, -0.1) is 0 Å². The summed E-state index contributed by atoms with van der Waals surface area (Å²) in [6.07, 6.45) is -3.27. The standard InChI is InChI=1S/C22H18F2O6/c1-2-3-13-10-11-14(17(24)16(13)23)7-4-12-5-8-15(9-6-12)22-29-18(20(25)26)19(30-22)21(27)28/h5-6,8-11,18-19,22H,2-3H2,1H3,(H,25,26)(H,27,28)/t18-,19-/m1/s1. The number of hydrogen-bond donors (Lipinski definition) is 2. The molecule has 2 N–H and O–H groups in total. The van der Waals surface area contributed by atoms with Crippen molar-refractivity contribution in [3.8, 4) is 11.8 Å². The SMILES string of the molecule is CCCc1ccc(C#Cc2ccc(C3O[C@@H](C(=O)O)[C@H](C(=O)O)O3)cc2)c(F)c1F. The molecule has 0 aromatic heterocycles. The molecule has 0 radical (unpaired) electrons. The molecule has 156 valence electrons. The van der Waals surface area contributed by atoms with Crippen molar-refractivity contribution in [1.82, 2.24) is 0 Å². The Bertz CT molecular complexity index is 1000. The molecule has 1 aliphatic rings. The minimum atomic E-state index is -1.62. The minimum absolute atomic E-state index is 0.0625. The second-order valence-corrected chi connectivity index (χ2v) is 6.64.